The first kappa shape index (κ1) is 16.6. The first-order valence-electron chi connectivity index (χ1n) is 8.03. The number of likely N-dealkylation sites (N-methyl/N-ethyl adjacent to an activating group) is 1. The Morgan fingerprint density at radius 2 is 1.88 bits per heavy atom. The van der Waals surface area contributed by atoms with Gasteiger partial charge in [-0.05, 0) is 55.3 Å². The van der Waals surface area contributed by atoms with Crippen molar-refractivity contribution in [1.29, 1.82) is 0 Å². The third kappa shape index (κ3) is 4.17. The molecule has 1 aliphatic rings. The van der Waals surface area contributed by atoms with E-state index in [0.29, 0.717) is 12.1 Å². The summed E-state index contributed by atoms with van der Waals surface area (Å²) in [5.41, 5.74) is 1.50. The molecular formula is C19H20F2N2O. The number of hydrogen-bond donors (Lipinski definition) is 1. The smallest absolute Gasteiger partial charge is 0.242 e. The topological polar surface area (TPSA) is 32.3 Å². The van der Waals surface area contributed by atoms with Crippen molar-refractivity contribution in [2.24, 2.45) is 0 Å². The van der Waals surface area contributed by atoms with E-state index in [1.165, 1.54) is 24.3 Å². The second-order valence-corrected chi connectivity index (χ2v) is 6.28. The summed E-state index contributed by atoms with van der Waals surface area (Å²) in [4.78, 5) is 14.5. The van der Waals surface area contributed by atoms with Crippen molar-refractivity contribution >= 4 is 5.91 Å². The molecule has 0 bridgehead atoms. The lowest BCUT2D eigenvalue weighted by Crippen LogP contribution is -2.39. The van der Waals surface area contributed by atoms with Gasteiger partial charge in [-0.15, -0.1) is 0 Å². The Hall–Kier alpha value is -2.27. The molecule has 0 aromatic heterocycles. The van der Waals surface area contributed by atoms with Crippen LogP contribution in [0.5, 0.6) is 0 Å². The van der Waals surface area contributed by atoms with Crippen LogP contribution in [0.25, 0.3) is 0 Å². The van der Waals surface area contributed by atoms with Crippen molar-refractivity contribution in [2.75, 3.05) is 7.05 Å². The molecule has 5 heteroatoms. The van der Waals surface area contributed by atoms with E-state index in [1.807, 2.05) is 18.0 Å². The average Bonchev–Trinajstić information content (AvgIpc) is 3.33. The van der Waals surface area contributed by atoms with Crippen molar-refractivity contribution in [1.82, 2.24) is 10.2 Å². The van der Waals surface area contributed by atoms with Gasteiger partial charge in [0.15, 0.2) is 0 Å². The maximum Gasteiger partial charge on any atom is 0.242 e. The van der Waals surface area contributed by atoms with Crippen LogP contribution in [0.1, 0.15) is 30.0 Å². The molecule has 2 aromatic rings. The molecule has 24 heavy (non-hydrogen) atoms. The van der Waals surface area contributed by atoms with Crippen molar-refractivity contribution < 1.29 is 13.6 Å². The van der Waals surface area contributed by atoms with Crippen LogP contribution < -0.4 is 5.32 Å². The Morgan fingerprint density at radius 1 is 1.17 bits per heavy atom. The van der Waals surface area contributed by atoms with Crippen LogP contribution in [0, 0.1) is 11.6 Å². The Kier molecular flexibility index (Phi) is 4.90. The van der Waals surface area contributed by atoms with Gasteiger partial charge in [-0.2, -0.15) is 0 Å². The minimum atomic E-state index is -0.547. The SMILES string of the molecule is CN(Cc1cccc(F)c1)[C@H](C(=O)NC1CC1)c1ccc(F)cc1. The first-order valence-corrected chi connectivity index (χ1v) is 8.03. The Bertz CT molecular complexity index is 714. The summed E-state index contributed by atoms with van der Waals surface area (Å²) >= 11 is 0. The molecule has 0 spiro atoms. The number of benzene rings is 2. The van der Waals surface area contributed by atoms with Crippen molar-refractivity contribution in [3.8, 4) is 0 Å². The molecule has 0 radical (unpaired) electrons. The van der Waals surface area contributed by atoms with E-state index in [-0.39, 0.29) is 23.6 Å². The van der Waals surface area contributed by atoms with E-state index in [2.05, 4.69) is 5.32 Å². The van der Waals surface area contributed by atoms with Gasteiger partial charge < -0.3 is 5.32 Å². The number of carbonyl (C=O) groups is 1. The summed E-state index contributed by atoms with van der Waals surface area (Å²) in [6.45, 7) is 0.415. The predicted octanol–water partition coefficient (Wildman–Crippen LogP) is 3.42. The second-order valence-electron chi connectivity index (χ2n) is 6.28. The second kappa shape index (κ2) is 7.09. The van der Waals surface area contributed by atoms with Crippen molar-refractivity contribution in [2.45, 2.75) is 31.5 Å². The Labute approximate surface area is 140 Å². The fourth-order valence-corrected chi connectivity index (χ4v) is 2.77. The van der Waals surface area contributed by atoms with E-state index in [4.69, 9.17) is 0 Å². The molecule has 1 N–H and O–H groups in total. The molecule has 1 fully saturated rings. The maximum absolute atomic E-state index is 13.4. The minimum absolute atomic E-state index is 0.108. The van der Waals surface area contributed by atoms with Gasteiger partial charge in [0.1, 0.15) is 17.7 Å². The molecule has 1 aliphatic carbocycles. The molecule has 0 aliphatic heterocycles. The first-order chi connectivity index (χ1) is 11.5. The lowest BCUT2D eigenvalue weighted by Gasteiger charge is -2.27. The van der Waals surface area contributed by atoms with Gasteiger partial charge in [0, 0.05) is 12.6 Å². The number of nitrogens with zero attached hydrogens (tertiary/aromatic N) is 1. The standard InChI is InChI=1S/C19H20F2N2O/c1-23(12-13-3-2-4-16(21)11-13)18(19(24)22-17-9-10-17)14-5-7-15(20)8-6-14/h2-8,11,17-18H,9-10,12H2,1H3,(H,22,24)/t18-/m0/s1. The van der Waals surface area contributed by atoms with Gasteiger partial charge in [-0.1, -0.05) is 24.3 Å². The van der Waals surface area contributed by atoms with Gasteiger partial charge in [0.2, 0.25) is 5.91 Å². The Balaban J connectivity index is 1.82. The van der Waals surface area contributed by atoms with E-state index in [1.54, 1.807) is 18.2 Å². The molecule has 1 saturated carbocycles. The average molecular weight is 330 g/mol. The molecule has 3 rings (SSSR count). The molecule has 0 unspecified atom stereocenters. The summed E-state index contributed by atoms with van der Waals surface area (Å²) in [5.74, 6) is -0.752. The van der Waals surface area contributed by atoms with E-state index in [0.717, 1.165) is 18.4 Å². The van der Waals surface area contributed by atoms with Crippen molar-refractivity contribution in [3.05, 3.63) is 71.3 Å². The molecule has 0 heterocycles. The van der Waals surface area contributed by atoms with Gasteiger partial charge in [0.05, 0.1) is 0 Å². The summed E-state index contributed by atoms with van der Waals surface area (Å²) in [6, 6.07) is 11.9. The number of nitrogens with one attached hydrogen (secondary N) is 1. The molecule has 0 saturated heterocycles. The van der Waals surface area contributed by atoms with Gasteiger partial charge >= 0.3 is 0 Å². The summed E-state index contributed by atoms with van der Waals surface area (Å²) in [7, 11) is 1.81. The molecular weight excluding hydrogens is 310 g/mol. The normalized spacial score (nSPS) is 15.3. The minimum Gasteiger partial charge on any atom is -0.352 e. The van der Waals surface area contributed by atoms with Gasteiger partial charge in [-0.3, -0.25) is 9.69 Å². The maximum atomic E-state index is 13.4. The van der Waals surface area contributed by atoms with Crippen LogP contribution in [-0.4, -0.2) is 23.9 Å². The zero-order valence-electron chi connectivity index (χ0n) is 13.5. The number of carbonyl (C=O) groups excluding carboxylic acids is 1. The third-order valence-electron chi connectivity index (χ3n) is 4.12. The highest BCUT2D eigenvalue weighted by Crippen LogP contribution is 2.25. The molecule has 2 aromatic carbocycles. The molecule has 126 valence electrons. The van der Waals surface area contributed by atoms with Crippen LogP contribution in [0.15, 0.2) is 48.5 Å². The number of halogens is 2. The summed E-state index contributed by atoms with van der Waals surface area (Å²) in [5, 5.41) is 3.00. The van der Waals surface area contributed by atoms with Crippen LogP contribution in [0.3, 0.4) is 0 Å². The van der Waals surface area contributed by atoms with Crippen LogP contribution in [0.2, 0.25) is 0 Å². The highest BCUT2D eigenvalue weighted by molar-refractivity contribution is 5.83. The molecule has 3 nitrogen and oxygen atoms in total. The van der Waals surface area contributed by atoms with Gasteiger partial charge in [-0.25, -0.2) is 8.78 Å². The lowest BCUT2D eigenvalue weighted by atomic mass is 10.0. The largest absolute Gasteiger partial charge is 0.352 e. The third-order valence-corrected chi connectivity index (χ3v) is 4.12. The number of rotatable bonds is 6. The zero-order valence-corrected chi connectivity index (χ0v) is 13.5. The van der Waals surface area contributed by atoms with Crippen LogP contribution >= 0.6 is 0 Å². The van der Waals surface area contributed by atoms with Crippen LogP contribution in [0.4, 0.5) is 8.78 Å². The van der Waals surface area contributed by atoms with Gasteiger partial charge in [0.25, 0.3) is 0 Å². The Morgan fingerprint density at radius 3 is 2.50 bits per heavy atom. The predicted molar refractivity (Wildman–Crippen MR) is 88.2 cm³/mol. The highest BCUT2D eigenvalue weighted by atomic mass is 19.1. The lowest BCUT2D eigenvalue weighted by molar-refractivity contribution is -0.126. The monoisotopic (exact) mass is 330 g/mol. The highest BCUT2D eigenvalue weighted by Gasteiger charge is 2.30. The zero-order chi connectivity index (χ0) is 17.1. The number of amides is 1. The number of hydrogen-bond acceptors (Lipinski definition) is 2. The fourth-order valence-electron chi connectivity index (χ4n) is 2.77. The van der Waals surface area contributed by atoms with E-state index >= 15 is 0 Å². The molecule has 1 atom stereocenters. The summed E-state index contributed by atoms with van der Waals surface area (Å²) < 4.78 is 26.6. The van der Waals surface area contributed by atoms with E-state index in [9.17, 15) is 13.6 Å². The fraction of sp³-hybridized carbons (Fsp3) is 0.316. The quantitative estimate of drug-likeness (QED) is 0.880. The van der Waals surface area contributed by atoms with E-state index < -0.39 is 6.04 Å². The summed E-state index contributed by atoms with van der Waals surface area (Å²) in [6.07, 6.45) is 1.99. The molecule has 1 amide bonds. The van der Waals surface area contributed by atoms with Crippen LogP contribution in [-0.2, 0) is 11.3 Å². The van der Waals surface area contributed by atoms with Crippen molar-refractivity contribution in [3.63, 3.8) is 0 Å².